The fourth-order valence-corrected chi connectivity index (χ4v) is 2.33. The molecule has 108 valence electrons. The van der Waals surface area contributed by atoms with Crippen LogP contribution in [0.3, 0.4) is 0 Å². The van der Waals surface area contributed by atoms with E-state index in [-0.39, 0.29) is 12.5 Å². The molecule has 1 aromatic rings. The minimum atomic E-state index is -0.826. The number of carboxylic acids is 1. The zero-order valence-electron chi connectivity index (χ0n) is 11.3. The number of rotatable bonds is 5. The monoisotopic (exact) mass is 277 g/mol. The van der Waals surface area contributed by atoms with E-state index in [1.807, 2.05) is 30.3 Å². The van der Waals surface area contributed by atoms with E-state index in [0.717, 1.165) is 12.0 Å². The molecule has 1 heterocycles. The van der Waals surface area contributed by atoms with Crippen molar-refractivity contribution in [1.29, 1.82) is 0 Å². The quantitative estimate of drug-likeness (QED) is 0.886. The van der Waals surface area contributed by atoms with Gasteiger partial charge < -0.3 is 14.7 Å². The van der Waals surface area contributed by atoms with Crippen molar-refractivity contribution in [2.45, 2.75) is 19.4 Å². The van der Waals surface area contributed by atoms with E-state index < -0.39 is 11.9 Å². The zero-order chi connectivity index (χ0) is 14.4. The number of benzene rings is 1. The van der Waals surface area contributed by atoms with Crippen LogP contribution in [0.1, 0.15) is 18.4 Å². The van der Waals surface area contributed by atoms with Crippen molar-refractivity contribution in [3.8, 4) is 0 Å². The summed E-state index contributed by atoms with van der Waals surface area (Å²) in [5.74, 6) is -1.40. The van der Waals surface area contributed by atoms with Gasteiger partial charge in [-0.2, -0.15) is 0 Å². The Morgan fingerprint density at radius 1 is 1.30 bits per heavy atom. The fourth-order valence-electron chi connectivity index (χ4n) is 2.33. The number of aliphatic carboxylic acids is 1. The minimum Gasteiger partial charge on any atom is -0.481 e. The summed E-state index contributed by atoms with van der Waals surface area (Å²) in [5.41, 5.74) is 1.02. The van der Waals surface area contributed by atoms with Gasteiger partial charge in [-0.25, -0.2) is 0 Å². The lowest BCUT2D eigenvalue weighted by atomic mass is 9.98. The van der Waals surface area contributed by atoms with Crippen LogP contribution in [0.25, 0.3) is 0 Å². The summed E-state index contributed by atoms with van der Waals surface area (Å²) in [4.78, 5) is 24.5. The molecular weight excluding hydrogens is 258 g/mol. The molecule has 1 aliphatic rings. The number of hydrogen-bond donors (Lipinski definition) is 1. The van der Waals surface area contributed by atoms with Crippen LogP contribution in [-0.4, -0.2) is 41.6 Å². The summed E-state index contributed by atoms with van der Waals surface area (Å²) >= 11 is 0. The van der Waals surface area contributed by atoms with E-state index in [9.17, 15) is 9.59 Å². The van der Waals surface area contributed by atoms with Gasteiger partial charge in [0, 0.05) is 13.1 Å². The van der Waals surface area contributed by atoms with Gasteiger partial charge in [0.05, 0.1) is 12.5 Å². The summed E-state index contributed by atoms with van der Waals surface area (Å²) in [7, 11) is 0. The average Bonchev–Trinajstić information content (AvgIpc) is 2.48. The summed E-state index contributed by atoms with van der Waals surface area (Å²) < 4.78 is 5.39. The molecule has 1 amide bonds. The standard InChI is InChI=1S/C15H19NO4/c17-14(11-20-10-12-5-2-1-3-6-12)16-8-4-7-13(9-16)15(18)19/h1-3,5-6,13H,4,7-11H2,(H,18,19). The van der Waals surface area contributed by atoms with Crippen molar-refractivity contribution in [3.05, 3.63) is 35.9 Å². The van der Waals surface area contributed by atoms with Gasteiger partial charge >= 0.3 is 5.97 Å². The SMILES string of the molecule is O=C(O)C1CCCN(C(=O)COCc2ccccc2)C1. The van der Waals surface area contributed by atoms with Gasteiger partial charge in [0.25, 0.3) is 0 Å². The van der Waals surface area contributed by atoms with Crippen LogP contribution in [0.5, 0.6) is 0 Å². The van der Waals surface area contributed by atoms with Crippen LogP contribution in [-0.2, 0) is 20.9 Å². The van der Waals surface area contributed by atoms with Crippen molar-refractivity contribution >= 4 is 11.9 Å². The second-order valence-electron chi connectivity index (χ2n) is 5.00. The van der Waals surface area contributed by atoms with Crippen molar-refractivity contribution < 1.29 is 19.4 Å². The largest absolute Gasteiger partial charge is 0.481 e. The number of nitrogens with zero attached hydrogens (tertiary/aromatic N) is 1. The molecule has 1 aromatic carbocycles. The smallest absolute Gasteiger partial charge is 0.308 e. The highest BCUT2D eigenvalue weighted by Crippen LogP contribution is 2.16. The normalized spacial score (nSPS) is 18.8. The number of carbonyl (C=O) groups excluding carboxylic acids is 1. The van der Waals surface area contributed by atoms with Crippen LogP contribution in [0.15, 0.2) is 30.3 Å². The highest BCUT2D eigenvalue weighted by molar-refractivity contribution is 5.79. The molecule has 1 unspecified atom stereocenters. The minimum absolute atomic E-state index is 0.00122. The average molecular weight is 277 g/mol. The summed E-state index contributed by atoms with van der Waals surface area (Å²) in [6.45, 7) is 1.31. The van der Waals surface area contributed by atoms with Gasteiger partial charge in [-0.15, -0.1) is 0 Å². The van der Waals surface area contributed by atoms with Crippen LogP contribution in [0.4, 0.5) is 0 Å². The molecule has 0 bridgehead atoms. The highest BCUT2D eigenvalue weighted by atomic mass is 16.5. The first-order valence-corrected chi connectivity index (χ1v) is 6.79. The maximum atomic E-state index is 12.0. The van der Waals surface area contributed by atoms with E-state index in [0.29, 0.717) is 26.1 Å². The van der Waals surface area contributed by atoms with Crippen molar-refractivity contribution in [2.24, 2.45) is 5.92 Å². The lowest BCUT2D eigenvalue weighted by Crippen LogP contribution is -2.43. The summed E-state index contributed by atoms with van der Waals surface area (Å²) in [6, 6.07) is 9.64. The van der Waals surface area contributed by atoms with Gasteiger partial charge in [0.1, 0.15) is 6.61 Å². The Morgan fingerprint density at radius 2 is 2.05 bits per heavy atom. The first kappa shape index (κ1) is 14.5. The Bertz CT molecular complexity index is 460. The van der Waals surface area contributed by atoms with Crippen LogP contribution < -0.4 is 0 Å². The first-order valence-electron chi connectivity index (χ1n) is 6.79. The highest BCUT2D eigenvalue weighted by Gasteiger charge is 2.27. The number of piperidine rings is 1. The number of likely N-dealkylation sites (tertiary alicyclic amines) is 1. The van der Waals surface area contributed by atoms with E-state index in [1.165, 1.54) is 0 Å². The lowest BCUT2D eigenvalue weighted by Gasteiger charge is -2.30. The number of carboxylic acid groups (broad SMARTS) is 1. The molecule has 0 radical (unpaired) electrons. The Kier molecular flexibility index (Phi) is 5.12. The molecule has 1 atom stereocenters. The molecule has 0 aromatic heterocycles. The predicted octanol–water partition coefficient (Wildman–Crippen LogP) is 1.53. The van der Waals surface area contributed by atoms with Gasteiger partial charge in [0.15, 0.2) is 0 Å². The molecule has 1 N–H and O–H groups in total. The third-order valence-corrected chi connectivity index (χ3v) is 3.46. The molecule has 2 rings (SSSR count). The van der Waals surface area contributed by atoms with Gasteiger partial charge in [0.2, 0.25) is 5.91 Å². The first-order chi connectivity index (χ1) is 9.66. The Balaban J connectivity index is 1.75. The van der Waals surface area contributed by atoms with Crippen molar-refractivity contribution in [2.75, 3.05) is 19.7 Å². The third-order valence-electron chi connectivity index (χ3n) is 3.46. The number of hydrogen-bond acceptors (Lipinski definition) is 3. The Hall–Kier alpha value is -1.88. The molecule has 0 aliphatic carbocycles. The number of carbonyl (C=O) groups is 2. The number of ether oxygens (including phenoxy) is 1. The molecule has 0 spiro atoms. The van der Waals surface area contributed by atoms with Gasteiger partial charge in [-0.05, 0) is 18.4 Å². The van der Waals surface area contributed by atoms with Crippen LogP contribution >= 0.6 is 0 Å². The zero-order valence-corrected chi connectivity index (χ0v) is 11.3. The van der Waals surface area contributed by atoms with E-state index in [2.05, 4.69) is 0 Å². The fraction of sp³-hybridized carbons (Fsp3) is 0.467. The van der Waals surface area contributed by atoms with Gasteiger partial charge in [-0.3, -0.25) is 9.59 Å². The molecular formula is C15H19NO4. The second-order valence-corrected chi connectivity index (χ2v) is 5.00. The topological polar surface area (TPSA) is 66.8 Å². The molecule has 20 heavy (non-hydrogen) atoms. The van der Waals surface area contributed by atoms with Crippen molar-refractivity contribution in [3.63, 3.8) is 0 Å². The molecule has 1 aliphatic heterocycles. The van der Waals surface area contributed by atoms with Crippen molar-refractivity contribution in [1.82, 2.24) is 4.90 Å². The van der Waals surface area contributed by atoms with Crippen LogP contribution in [0.2, 0.25) is 0 Å². The van der Waals surface area contributed by atoms with E-state index in [4.69, 9.17) is 9.84 Å². The Labute approximate surface area is 118 Å². The maximum absolute atomic E-state index is 12.0. The molecule has 1 fully saturated rings. The molecule has 0 saturated carbocycles. The second kappa shape index (κ2) is 7.05. The Morgan fingerprint density at radius 3 is 2.75 bits per heavy atom. The molecule has 1 saturated heterocycles. The van der Waals surface area contributed by atoms with Gasteiger partial charge in [-0.1, -0.05) is 30.3 Å². The molecule has 5 heteroatoms. The van der Waals surface area contributed by atoms with E-state index in [1.54, 1.807) is 4.90 Å². The summed E-state index contributed by atoms with van der Waals surface area (Å²) in [5, 5.41) is 8.99. The van der Waals surface area contributed by atoms with Crippen LogP contribution in [0, 0.1) is 5.92 Å². The van der Waals surface area contributed by atoms with E-state index >= 15 is 0 Å². The predicted molar refractivity (Wildman–Crippen MR) is 73.0 cm³/mol. The lowest BCUT2D eigenvalue weighted by molar-refractivity contribution is -0.147. The summed E-state index contributed by atoms with van der Waals surface area (Å²) in [6.07, 6.45) is 1.38. The third kappa shape index (κ3) is 4.06. The maximum Gasteiger partial charge on any atom is 0.308 e. The number of amides is 1. The molecule has 5 nitrogen and oxygen atoms in total.